The number of ether oxygens (including phenoxy) is 2. The highest BCUT2D eigenvalue weighted by atomic mass is 16.5. The summed E-state index contributed by atoms with van der Waals surface area (Å²) in [5.74, 6) is -1.37. The third-order valence-corrected chi connectivity index (χ3v) is 3.62. The maximum absolute atomic E-state index is 11.6. The van der Waals surface area contributed by atoms with Gasteiger partial charge in [0.1, 0.15) is 5.75 Å². The minimum absolute atomic E-state index is 0.352. The van der Waals surface area contributed by atoms with Crippen LogP contribution in [0.2, 0.25) is 0 Å². The zero-order chi connectivity index (χ0) is 18.4. The monoisotopic (exact) mass is 348 g/mol. The fourth-order valence-corrected chi connectivity index (χ4v) is 2.39. The van der Waals surface area contributed by atoms with E-state index in [1.165, 1.54) is 0 Å². The van der Waals surface area contributed by atoms with Crippen molar-refractivity contribution in [1.82, 2.24) is 20.7 Å². The van der Waals surface area contributed by atoms with Gasteiger partial charge in [0.2, 0.25) is 0 Å². The molecule has 1 aromatic carbocycles. The first kappa shape index (κ1) is 18.1. The number of nitrogens with one attached hydrogen (secondary N) is 3. The molecule has 1 aromatic heterocycles. The molecular formula is C16H20N4O5. The minimum atomic E-state index is -1.09. The zero-order valence-electron chi connectivity index (χ0n) is 14.2. The standard InChI is InChI=1S/C16H20N4O5/c1-20-9-10(12-5-4-11(24-2)8-13(12)20)6-7-17-16(23)19-18-14(21)15(22)25-3/h4-5,8-9H,6-7H2,1-3H3,(H,18,21)(H2,17,19,23). The van der Waals surface area contributed by atoms with E-state index in [1.807, 2.05) is 41.4 Å². The molecule has 25 heavy (non-hydrogen) atoms. The number of hydrogen-bond donors (Lipinski definition) is 3. The molecule has 0 aliphatic rings. The number of benzene rings is 1. The predicted octanol–water partition coefficient (Wildman–Crippen LogP) is 0.233. The van der Waals surface area contributed by atoms with Gasteiger partial charge in [0.05, 0.1) is 19.7 Å². The van der Waals surface area contributed by atoms with Gasteiger partial charge in [0, 0.05) is 31.2 Å². The molecule has 0 atom stereocenters. The van der Waals surface area contributed by atoms with Gasteiger partial charge in [-0.05, 0) is 24.1 Å². The molecule has 0 spiro atoms. The molecule has 0 radical (unpaired) electrons. The summed E-state index contributed by atoms with van der Waals surface area (Å²) in [7, 11) is 4.63. The van der Waals surface area contributed by atoms with E-state index in [0.29, 0.717) is 13.0 Å². The Morgan fingerprint density at radius 1 is 1.16 bits per heavy atom. The Morgan fingerprint density at radius 2 is 1.92 bits per heavy atom. The average Bonchev–Trinajstić information content (AvgIpc) is 2.94. The van der Waals surface area contributed by atoms with Crippen LogP contribution in [-0.4, -0.2) is 43.2 Å². The number of carbonyl (C=O) groups is 3. The van der Waals surface area contributed by atoms with Crippen LogP contribution >= 0.6 is 0 Å². The number of aromatic nitrogens is 1. The molecule has 0 saturated carbocycles. The molecule has 2 aromatic rings. The van der Waals surface area contributed by atoms with Crippen LogP contribution in [0, 0.1) is 0 Å². The first-order valence-corrected chi connectivity index (χ1v) is 7.50. The fourth-order valence-electron chi connectivity index (χ4n) is 2.39. The van der Waals surface area contributed by atoms with Crippen molar-refractivity contribution in [3.63, 3.8) is 0 Å². The van der Waals surface area contributed by atoms with E-state index in [4.69, 9.17) is 4.74 Å². The quantitative estimate of drug-likeness (QED) is 0.416. The number of nitrogens with zero attached hydrogens (tertiary/aromatic N) is 1. The van der Waals surface area contributed by atoms with Crippen molar-refractivity contribution in [2.24, 2.45) is 7.05 Å². The lowest BCUT2D eigenvalue weighted by Gasteiger charge is -2.07. The van der Waals surface area contributed by atoms with Gasteiger partial charge in [-0.15, -0.1) is 0 Å². The summed E-state index contributed by atoms with van der Waals surface area (Å²) in [6.45, 7) is 0.352. The zero-order valence-corrected chi connectivity index (χ0v) is 14.2. The number of urea groups is 1. The molecule has 3 N–H and O–H groups in total. The minimum Gasteiger partial charge on any atom is -0.497 e. The summed E-state index contributed by atoms with van der Waals surface area (Å²) in [6.07, 6.45) is 2.59. The smallest absolute Gasteiger partial charge is 0.398 e. The lowest BCUT2D eigenvalue weighted by molar-refractivity contribution is -0.153. The number of aryl methyl sites for hydroxylation is 1. The van der Waals surface area contributed by atoms with Crippen LogP contribution < -0.4 is 20.9 Å². The van der Waals surface area contributed by atoms with Crippen LogP contribution in [0.1, 0.15) is 5.56 Å². The van der Waals surface area contributed by atoms with Crippen LogP contribution in [0.3, 0.4) is 0 Å². The summed E-state index contributed by atoms with van der Waals surface area (Å²) >= 11 is 0. The van der Waals surface area contributed by atoms with Crippen LogP contribution in [0.15, 0.2) is 24.4 Å². The van der Waals surface area contributed by atoms with Crippen LogP contribution in [0.25, 0.3) is 10.9 Å². The van der Waals surface area contributed by atoms with Gasteiger partial charge >= 0.3 is 17.9 Å². The molecule has 0 bridgehead atoms. The molecule has 0 fully saturated rings. The van der Waals surface area contributed by atoms with E-state index < -0.39 is 17.9 Å². The first-order valence-electron chi connectivity index (χ1n) is 7.50. The van der Waals surface area contributed by atoms with Gasteiger partial charge in [0.25, 0.3) is 0 Å². The molecule has 0 unspecified atom stereocenters. The largest absolute Gasteiger partial charge is 0.497 e. The maximum Gasteiger partial charge on any atom is 0.398 e. The normalized spacial score (nSPS) is 10.2. The van der Waals surface area contributed by atoms with E-state index >= 15 is 0 Å². The van der Waals surface area contributed by atoms with Crippen molar-refractivity contribution in [3.05, 3.63) is 30.0 Å². The maximum atomic E-state index is 11.6. The summed E-state index contributed by atoms with van der Waals surface area (Å²) < 4.78 is 11.4. The highest BCUT2D eigenvalue weighted by Gasteiger charge is 2.14. The lowest BCUT2D eigenvalue weighted by atomic mass is 10.1. The number of fused-ring (bicyclic) bond motifs is 1. The second-order valence-corrected chi connectivity index (χ2v) is 5.22. The Balaban J connectivity index is 1.87. The molecule has 3 amide bonds. The summed E-state index contributed by atoms with van der Waals surface area (Å²) in [5, 5.41) is 3.66. The van der Waals surface area contributed by atoms with Crippen molar-refractivity contribution in [1.29, 1.82) is 0 Å². The molecule has 0 aliphatic carbocycles. The first-order chi connectivity index (χ1) is 12.0. The number of methoxy groups -OCH3 is 2. The Kier molecular flexibility index (Phi) is 5.83. The average molecular weight is 348 g/mol. The Labute approximate surface area is 144 Å². The number of carbonyl (C=O) groups excluding carboxylic acids is 3. The van der Waals surface area contributed by atoms with Gasteiger partial charge in [0.15, 0.2) is 0 Å². The Morgan fingerprint density at radius 3 is 2.60 bits per heavy atom. The third-order valence-electron chi connectivity index (χ3n) is 3.62. The molecule has 0 saturated heterocycles. The van der Waals surface area contributed by atoms with Crippen molar-refractivity contribution in [2.75, 3.05) is 20.8 Å². The van der Waals surface area contributed by atoms with Crippen molar-refractivity contribution in [2.45, 2.75) is 6.42 Å². The van der Waals surface area contributed by atoms with Crippen molar-refractivity contribution in [3.8, 4) is 5.75 Å². The third kappa shape index (κ3) is 4.40. The SMILES string of the molecule is COC(=O)C(=O)NNC(=O)NCCc1cn(C)c2cc(OC)ccc12. The van der Waals surface area contributed by atoms with E-state index in [-0.39, 0.29) is 0 Å². The number of rotatable bonds is 4. The summed E-state index contributed by atoms with van der Waals surface area (Å²) in [6, 6.07) is 5.18. The highest BCUT2D eigenvalue weighted by molar-refractivity contribution is 6.32. The predicted molar refractivity (Wildman–Crippen MR) is 89.9 cm³/mol. The second-order valence-electron chi connectivity index (χ2n) is 5.22. The molecule has 0 aliphatic heterocycles. The van der Waals surface area contributed by atoms with Gasteiger partial charge in [-0.1, -0.05) is 0 Å². The Hall–Kier alpha value is -3.23. The van der Waals surface area contributed by atoms with E-state index in [1.54, 1.807) is 7.11 Å². The number of amides is 3. The molecular weight excluding hydrogens is 328 g/mol. The topological polar surface area (TPSA) is 111 Å². The van der Waals surface area contributed by atoms with Crippen LogP contribution in [0.5, 0.6) is 5.75 Å². The van der Waals surface area contributed by atoms with Gasteiger partial charge in [-0.3, -0.25) is 10.2 Å². The molecule has 9 heteroatoms. The second kappa shape index (κ2) is 8.04. The lowest BCUT2D eigenvalue weighted by Crippen LogP contribution is -2.49. The number of hydrogen-bond acceptors (Lipinski definition) is 5. The number of esters is 1. The summed E-state index contributed by atoms with van der Waals surface area (Å²) in [4.78, 5) is 33.6. The van der Waals surface area contributed by atoms with E-state index in [2.05, 4.69) is 15.5 Å². The van der Waals surface area contributed by atoms with Crippen molar-refractivity contribution < 1.29 is 23.9 Å². The van der Waals surface area contributed by atoms with Gasteiger partial charge in [-0.25, -0.2) is 15.0 Å². The van der Waals surface area contributed by atoms with Crippen LogP contribution in [0.4, 0.5) is 4.79 Å². The molecule has 1 heterocycles. The molecule has 9 nitrogen and oxygen atoms in total. The van der Waals surface area contributed by atoms with E-state index in [9.17, 15) is 14.4 Å². The van der Waals surface area contributed by atoms with Gasteiger partial charge < -0.3 is 19.4 Å². The van der Waals surface area contributed by atoms with Gasteiger partial charge in [-0.2, -0.15) is 0 Å². The highest BCUT2D eigenvalue weighted by Crippen LogP contribution is 2.25. The fraction of sp³-hybridized carbons (Fsp3) is 0.312. The summed E-state index contributed by atoms with van der Waals surface area (Å²) in [5.41, 5.74) is 6.10. The number of hydrazine groups is 1. The Bertz CT molecular complexity index is 799. The van der Waals surface area contributed by atoms with Crippen molar-refractivity contribution >= 4 is 28.8 Å². The van der Waals surface area contributed by atoms with Crippen LogP contribution in [-0.2, 0) is 27.8 Å². The molecule has 134 valence electrons. The van der Waals surface area contributed by atoms with E-state index in [0.717, 1.165) is 29.3 Å². The molecule has 2 rings (SSSR count).